The van der Waals surface area contributed by atoms with Crippen LogP contribution in [0.1, 0.15) is 18.7 Å². The minimum absolute atomic E-state index is 0.0801. The summed E-state index contributed by atoms with van der Waals surface area (Å²) in [4.78, 5) is 4.18. The van der Waals surface area contributed by atoms with Crippen LogP contribution in [0.3, 0.4) is 0 Å². The molecule has 1 atom stereocenters. The summed E-state index contributed by atoms with van der Waals surface area (Å²) >= 11 is 0. The lowest BCUT2D eigenvalue weighted by Gasteiger charge is -2.11. The van der Waals surface area contributed by atoms with Gasteiger partial charge in [-0.25, -0.2) is 0 Å². The van der Waals surface area contributed by atoms with Crippen molar-refractivity contribution in [3.63, 3.8) is 0 Å². The second-order valence-corrected chi connectivity index (χ2v) is 2.95. The molecule has 1 aromatic heterocycles. The van der Waals surface area contributed by atoms with E-state index in [0.717, 1.165) is 5.69 Å². The lowest BCUT2D eigenvalue weighted by atomic mass is 10.2. The van der Waals surface area contributed by atoms with Crippen LogP contribution in [0, 0.1) is 0 Å². The van der Waals surface area contributed by atoms with Crippen molar-refractivity contribution in [2.24, 2.45) is 10.9 Å². The van der Waals surface area contributed by atoms with Gasteiger partial charge < -0.3 is 16.3 Å². The summed E-state index contributed by atoms with van der Waals surface area (Å²) in [5.41, 5.74) is 6.25. The van der Waals surface area contributed by atoms with E-state index in [0.29, 0.717) is 6.54 Å². The van der Waals surface area contributed by atoms with Gasteiger partial charge >= 0.3 is 0 Å². The van der Waals surface area contributed by atoms with Crippen molar-refractivity contribution in [3.8, 4) is 0 Å². The first kappa shape index (κ1) is 10.5. The summed E-state index contributed by atoms with van der Waals surface area (Å²) < 4.78 is 0. The van der Waals surface area contributed by atoms with Crippen LogP contribution in [0.25, 0.3) is 0 Å². The minimum atomic E-state index is 0.0801. The van der Waals surface area contributed by atoms with E-state index in [1.165, 1.54) is 0 Å². The third-order valence-electron chi connectivity index (χ3n) is 1.85. The zero-order valence-electron chi connectivity index (χ0n) is 8.01. The van der Waals surface area contributed by atoms with E-state index >= 15 is 0 Å². The SMILES string of the molecule is C[C@@H](NC/C(N)=N/O)c1ccccn1. The zero-order valence-corrected chi connectivity index (χ0v) is 8.01. The molecule has 76 valence electrons. The number of aromatic nitrogens is 1. The molecule has 0 radical (unpaired) electrons. The Morgan fingerprint density at radius 1 is 1.71 bits per heavy atom. The summed E-state index contributed by atoms with van der Waals surface area (Å²) in [5.74, 6) is 0.160. The summed E-state index contributed by atoms with van der Waals surface area (Å²) in [7, 11) is 0. The standard InChI is InChI=1S/C9H14N4O/c1-7(12-6-9(10)13-14)8-4-2-3-5-11-8/h2-5,7,12,14H,6H2,1H3,(H2,10,13)/t7-/m1/s1. The van der Waals surface area contributed by atoms with Gasteiger partial charge in [0.2, 0.25) is 0 Å². The molecule has 4 N–H and O–H groups in total. The van der Waals surface area contributed by atoms with Gasteiger partial charge in [-0.3, -0.25) is 4.98 Å². The highest BCUT2D eigenvalue weighted by Crippen LogP contribution is 2.06. The predicted molar refractivity (Wildman–Crippen MR) is 54.1 cm³/mol. The molecule has 14 heavy (non-hydrogen) atoms. The molecule has 0 spiro atoms. The zero-order chi connectivity index (χ0) is 10.4. The number of hydrogen-bond acceptors (Lipinski definition) is 4. The van der Waals surface area contributed by atoms with Crippen molar-refractivity contribution in [2.45, 2.75) is 13.0 Å². The van der Waals surface area contributed by atoms with E-state index in [1.807, 2.05) is 25.1 Å². The maximum atomic E-state index is 8.33. The molecule has 5 heteroatoms. The molecule has 1 heterocycles. The van der Waals surface area contributed by atoms with Gasteiger partial charge in [0.25, 0.3) is 0 Å². The van der Waals surface area contributed by atoms with Crippen LogP contribution >= 0.6 is 0 Å². The van der Waals surface area contributed by atoms with Crippen LogP contribution in [-0.2, 0) is 0 Å². The van der Waals surface area contributed by atoms with Gasteiger partial charge in [0.1, 0.15) is 0 Å². The molecule has 1 rings (SSSR count). The monoisotopic (exact) mass is 194 g/mol. The molecule has 0 aliphatic carbocycles. The number of nitrogens with two attached hydrogens (primary N) is 1. The number of amidine groups is 1. The largest absolute Gasteiger partial charge is 0.409 e. The number of oxime groups is 1. The van der Waals surface area contributed by atoms with E-state index in [-0.39, 0.29) is 11.9 Å². The van der Waals surface area contributed by atoms with E-state index in [2.05, 4.69) is 15.5 Å². The number of hydrogen-bond donors (Lipinski definition) is 3. The quantitative estimate of drug-likeness (QED) is 0.282. The van der Waals surface area contributed by atoms with Crippen LogP contribution in [0.4, 0.5) is 0 Å². The lowest BCUT2D eigenvalue weighted by molar-refractivity contribution is 0.316. The van der Waals surface area contributed by atoms with Gasteiger partial charge in [-0.2, -0.15) is 0 Å². The van der Waals surface area contributed by atoms with Crippen LogP contribution in [0.15, 0.2) is 29.6 Å². The van der Waals surface area contributed by atoms with Crippen molar-refractivity contribution in [1.82, 2.24) is 10.3 Å². The van der Waals surface area contributed by atoms with Crippen LogP contribution in [0.5, 0.6) is 0 Å². The third kappa shape index (κ3) is 3.02. The van der Waals surface area contributed by atoms with Crippen molar-refractivity contribution in [2.75, 3.05) is 6.54 Å². The molecule has 0 saturated heterocycles. The molecule has 5 nitrogen and oxygen atoms in total. The Balaban J connectivity index is 2.47. The molecule has 0 fully saturated rings. The Labute approximate surface area is 82.6 Å². The number of nitrogens with one attached hydrogen (secondary N) is 1. The number of nitrogens with zero attached hydrogens (tertiary/aromatic N) is 2. The second-order valence-electron chi connectivity index (χ2n) is 2.95. The average Bonchev–Trinajstić information content (AvgIpc) is 2.26. The highest BCUT2D eigenvalue weighted by Gasteiger charge is 2.05. The van der Waals surface area contributed by atoms with Crippen LogP contribution in [-0.4, -0.2) is 22.6 Å². The fourth-order valence-electron chi connectivity index (χ4n) is 1.03. The Bertz CT molecular complexity index is 299. The maximum Gasteiger partial charge on any atom is 0.153 e. The number of rotatable bonds is 4. The summed E-state index contributed by atoms with van der Waals surface area (Å²) in [6.07, 6.45) is 1.73. The first-order valence-electron chi connectivity index (χ1n) is 4.34. The minimum Gasteiger partial charge on any atom is -0.409 e. The Morgan fingerprint density at radius 2 is 2.50 bits per heavy atom. The van der Waals surface area contributed by atoms with Crippen molar-refractivity contribution in [3.05, 3.63) is 30.1 Å². The molecule has 0 unspecified atom stereocenters. The van der Waals surface area contributed by atoms with E-state index in [9.17, 15) is 0 Å². The van der Waals surface area contributed by atoms with Gasteiger partial charge in [0.15, 0.2) is 5.84 Å². The van der Waals surface area contributed by atoms with Crippen LogP contribution in [0.2, 0.25) is 0 Å². The molecule has 0 amide bonds. The van der Waals surface area contributed by atoms with Crippen molar-refractivity contribution < 1.29 is 5.21 Å². The second kappa shape index (κ2) is 5.18. The van der Waals surface area contributed by atoms with Gasteiger partial charge in [-0.1, -0.05) is 11.2 Å². The number of pyridine rings is 1. The lowest BCUT2D eigenvalue weighted by Crippen LogP contribution is -2.31. The topological polar surface area (TPSA) is 83.5 Å². The molecular formula is C9H14N4O. The van der Waals surface area contributed by atoms with E-state index < -0.39 is 0 Å². The van der Waals surface area contributed by atoms with Gasteiger partial charge in [0, 0.05) is 12.2 Å². The first-order valence-corrected chi connectivity index (χ1v) is 4.34. The summed E-state index contributed by atoms with van der Waals surface area (Å²) in [6.45, 7) is 2.31. The van der Waals surface area contributed by atoms with Gasteiger partial charge in [0.05, 0.1) is 12.2 Å². The van der Waals surface area contributed by atoms with Crippen LogP contribution < -0.4 is 11.1 Å². The smallest absolute Gasteiger partial charge is 0.153 e. The molecule has 0 saturated carbocycles. The molecule has 1 aromatic rings. The van der Waals surface area contributed by atoms with E-state index in [4.69, 9.17) is 10.9 Å². The van der Waals surface area contributed by atoms with Crippen molar-refractivity contribution >= 4 is 5.84 Å². The highest BCUT2D eigenvalue weighted by molar-refractivity contribution is 5.81. The van der Waals surface area contributed by atoms with E-state index in [1.54, 1.807) is 6.20 Å². The molecule has 0 aromatic carbocycles. The van der Waals surface area contributed by atoms with Gasteiger partial charge in [-0.15, -0.1) is 0 Å². The normalized spacial score (nSPS) is 13.9. The van der Waals surface area contributed by atoms with Gasteiger partial charge in [-0.05, 0) is 19.1 Å². The Morgan fingerprint density at radius 3 is 3.07 bits per heavy atom. The molecular weight excluding hydrogens is 180 g/mol. The summed E-state index contributed by atoms with van der Waals surface area (Å²) in [6, 6.07) is 5.78. The van der Waals surface area contributed by atoms with Crippen molar-refractivity contribution in [1.29, 1.82) is 0 Å². The Hall–Kier alpha value is -1.62. The average molecular weight is 194 g/mol. The maximum absolute atomic E-state index is 8.33. The highest BCUT2D eigenvalue weighted by atomic mass is 16.4. The first-order chi connectivity index (χ1) is 6.74. The third-order valence-corrected chi connectivity index (χ3v) is 1.85. The fraction of sp³-hybridized carbons (Fsp3) is 0.333. The molecule has 0 aliphatic rings. The molecule has 0 aliphatic heterocycles. The fourth-order valence-corrected chi connectivity index (χ4v) is 1.03. The summed E-state index contributed by atoms with van der Waals surface area (Å²) in [5, 5.41) is 14.3. The Kier molecular flexibility index (Phi) is 3.87. The molecule has 0 bridgehead atoms. The predicted octanol–water partition coefficient (Wildman–Crippen LogP) is 0.479.